The van der Waals surface area contributed by atoms with Crippen LogP contribution in [0.2, 0.25) is 0 Å². The lowest BCUT2D eigenvalue weighted by Crippen LogP contribution is -2.76. The van der Waals surface area contributed by atoms with E-state index in [4.69, 9.17) is 4.74 Å². The Balaban J connectivity index is 2.37. The van der Waals surface area contributed by atoms with Gasteiger partial charge < -0.3 is 9.84 Å². The predicted octanol–water partition coefficient (Wildman–Crippen LogP) is 0.750. The van der Waals surface area contributed by atoms with Gasteiger partial charge >= 0.3 is 0 Å². The number of ketones is 1. The third-order valence-electron chi connectivity index (χ3n) is 3.49. The maximum Gasteiger partial charge on any atom is 0.259 e. The lowest BCUT2D eigenvalue weighted by atomic mass is 9.79. The van der Waals surface area contributed by atoms with E-state index in [9.17, 15) is 14.7 Å². The zero-order chi connectivity index (χ0) is 13.5. The monoisotopic (exact) mass is 249 g/mol. The summed E-state index contributed by atoms with van der Waals surface area (Å²) in [5, 5.41) is 9.70. The fourth-order valence-electron chi connectivity index (χ4n) is 2.12. The first-order chi connectivity index (χ1) is 8.42. The van der Waals surface area contributed by atoms with Crippen molar-refractivity contribution in [3.8, 4) is 5.75 Å². The van der Waals surface area contributed by atoms with Crippen LogP contribution in [-0.2, 0) is 9.59 Å². The number of aliphatic hydroxyl groups is 1. The highest BCUT2D eigenvalue weighted by molar-refractivity contribution is 6.16. The Morgan fingerprint density at radius 1 is 1.39 bits per heavy atom. The molecule has 0 aliphatic carbocycles. The van der Waals surface area contributed by atoms with Crippen molar-refractivity contribution in [3.63, 3.8) is 0 Å². The van der Waals surface area contributed by atoms with E-state index in [1.165, 1.54) is 11.8 Å². The van der Waals surface area contributed by atoms with Crippen molar-refractivity contribution in [1.82, 2.24) is 0 Å². The van der Waals surface area contributed by atoms with Crippen LogP contribution in [0.1, 0.15) is 13.8 Å². The van der Waals surface area contributed by atoms with Crippen molar-refractivity contribution in [1.29, 1.82) is 0 Å². The molecule has 1 N–H and O–H groups in total. The van der Waals surface area contributed by atoms with Crippen LogP contribution in [0, 0.1) is 0 Å². The van der Waals surface area contributed by atoms with Gasteiger partial charge in [-0.3, -0.25) is 14.5 Å². The van der Waals surface area contributed by atoms with Crippen molar-refractivity contribution >= 4 is 17.4 Å². The second-order valence-electron chi connectivity index (χ2n) is 4.48. The third-order valence-corrected chi connectivity index (χ3v) is 3.49. The highest BCUT2D eigenvalue weighted by Gasteiger charge is 2.60. The Kier molecular flexibility index (Phi) is 2.86. The molecule has 1 aliphatic heterocycles. The molecule has 0 unspecified atom stereocenters. The van der Waals surface area contributed by atoms with Crippen LogP contribution < -0.4 is 9.64 Å². The van der Waals surface area contributed by atoms with Crippen LogP contribution in [0.15, 0.2) is 24.3 Å². The average Bonchev–Trinajstić information content (AvgIpc) is 2.38. The van der Waals surface area contributed by atoms with Crippen LogP contribution in [0.5, 0.6) is 5.75 Å². The average molecular weight is 249 g/mol. The number of carbonyl (C=O) groups excluding carboxylic acids is 2. The van der Waals surface area contributed by atoms with Gasteiger partial charge in [0.05, 0.1) is 7.11 Å². The summed E-state index contributed by atoms with van der Waals surface area (Å²) in [7, 11) is 1.55. The molecule has 0 saturated carbocycles. The Morgan fingerprint density at radius 3 is 2.39 bits per heavy atom. The normalized spacial score (nSPS) is 26.8. The van der Waals surface area contributed by atoms with Crippen LogP contribution in [-0.4, -0.2) is 35.5 Å². The van der Waals surface area contributed by atoms with Crippen LogP contribution in [0.3, 0.4) is 0 Å². The predicted molar refractivity (Wildman–Crippen MR) is 65.6 cm³/mol. The van der Waals surface area contributed by atoms with Gasteiger partial charge in [0.2, 0.25) is 0 Å². The van der Waals surface area contributed by atoms with Gasteiger partial charge in [0, 0.05) is 5.69 Å². The van der Waals surface area contributed by atoms with Gasteiger partial charge in [-0.1, -0.05) is 0 Å². The van der Waals surface area contributed by atoms with Crippen molar-refractivity contribution in [2.75, 3.05) is 12.0 Å². The molecule has 2 atom stereocenters. The van der Waals surface area contributed by atoms with Crippen LogP contribution >= 0.6 is 0 Å². The Labute approximate surface area is 105 Å². The van der Waals surface area contributed by atoms with Crippen LogP contribution in [0.4, 0.5) is 5.69 Å². The summed E-state index contributed by atoms with van der Waals surface area (Å²) in [6, 6.07) is 6.77. The van der Waals surface area contributed by atoms with Gasteiger partial charge in [-0.15, -0.1) is 0 Å². The van der Waals surface area contributed by atoms with Gasteiger partial charge in [-0.05, 0) is 38.1 Å². The quantitative estimate of drug-likeness (QED) is 0.803. The number of benzene rings is 1. The number of β-lactam (4-membered cyclic amide) rings is 1. The Bertz CT molecular complexity index is 496. The summed E-state index contributed by atoms with van der Waals surface area (Å²) in [5.74, 6) is -0.0416. The molecule has 1 heterocycles. The van der Waals surface area contributed by atoms with Crippen LogP contribution in [0.25, 0.3) is 0 Å². The van der Waals surface area contributed by atoms with E-state index in [-0.39, 0.29) is 5.78 Å². The number of amides is 1. The molecule has 5 nitrogen and oxygen atoms in total. The van der Waals surface area contributed by atoms with Gasteiger partial charge in [0.25, 0.3) is 5.91 Å². The maximum absolute atomic E-state index is 11.7. The third kappa shape index (κ3) is 1.51. The summed E-state index contributed by atoms with van der Waals surface area (Å²) >= 11 is 0. The minimum absolute atomic E-state index is 0.245. The number of hydrogen-bond donors (Lipinski definition) is 1. The van der Waals surface area contributed by atoms with Crippen molar-refractivity contribution in [2.24, 2.45) is 0 Å². The molecular formula is C13H15NO4. The SMILES string of the molecule is COc1ccc(N2C(=O)[C@@H](O)[C@@]2(C)C(C)=O)cc1. The molecule has 1 amide bonds. The zero-order valence-electron chi connectivity index (χ0n) is 10.5. The van der Waals surface area contributed by atoms with E-state index in [0.29, 0.717) is 11.4 Å². The molecule has 18 heavy (non-hydrogen) atoms. The molecule has 1 fully saturated rings. The fraction of sp³-hybridized carbons (Fsp3) is 0.385. The molecular weight excluding hydrogens is 234 g/mol. The molecule has 0 bridgehead atoms. The van der Waals surface area contributed by atoms with Gasteiger partial charge in [0.1, 0.15) is 11.3 Å². The molecule has 0 spiro atoms. The van der Waals surface area contributed by atoms with Gasteiger partial charge in [-0.25, -0.2) is 0 Å². The number of carbonyl (C=O) groups is 2. The van der Waals surface area contributed by atoms with E-state index < -0.39 is 17.6 Å². The number of rotatable bonds is 3. The van der Waals surface area contributed by atoms with Gasteiger partial charge in [-0.2, -0.15) is 0 Å². The summed E-state index contributed by atoms with van der Waals surface area (Å²) in [6.45, 7) is 2.93. The molecule has 1 aromatic rings. The highest BCUT2D eigenvalue weighted by atomic mass is 16.5. The summed E-state index contributed by atoms with van der Waals surface area (Å²) in [6.07, 6.45) is -1.27. The summed E-state index contributed by atoms with van der Waals surface area (Å²) < 4.78 is 5.03. The lowest BCUT2D eigenvalue weighted by molar-refractivity contribution is -0.150. The molecule has 96 valence electrons. The van der Waals surface area contributed by atoms with Crippen molar-refractivity contribution in [3.05, 3.63) is 24.3 Å². The lowest BCUT2D eigenvalue weighted by Gasteiger charge is -2.51. The second-order valence-corrected chi connectivity index (χ2v) is 4.48. The van der Waals surface area contributed by atoms with E-state index in [1.807, 2.05) is 0 Å². The van der Waals surface area contributed by atoms with Crippen molar-refractivity contribution < 1.29 is 19.4 Å². The van der Waals surface area contributed by atoms with E-state index in [1.54, 1.807) is 38.3 Å². The first kappa shape index (κ1) is 12.6. The summed E-state index contributed by atoms with van der Waals surface area (Å²) in [4.78, 5) is 24.7. The largest absolute Gasteiger partial charge is 0.497 e. The Morgan fingerprint density at radius 2 is 1.94 bits per heavy atom. The molecule has 5 heteroatoms. The minimum Gasteiger partial charge on any atom is -0.497 e. The Hall–Kier alpha value is -1.88. The smallest absolute Gasteiger partial charge is 0.259 e. The van der Waals surface area contributed by atoms with E-state index in [2.05, 4.69) is 0 Å². The van der Waals surface area contributed by atoms with E-state index in [0.717, 1.165) is 0 Å². The number of nitrogens with zero attached hydrogens (tertiary/aromatic N) is 1. The molecule has 0 aromatic heterocycles. The minimum atomic E-state index is -1.27. The summed E-state index contributed by atoms with van der Waals surface area (Å²) in [5.41, 5.74) is -0.602. The molecule has 1 aliphatic rings. The number of Topliss-reactive ketones (excluding diaryl/α,β-unsaturated/α-hetero) is 1. The zero-order valence-corrected chi connectivity index (χ0v) is 10.5. The first-order valence-corrected chi connectivity index (χ1v) is 5.60. The first-order valence-electron chi connectivity index (χ1n) is 5.60. The number of aliphatic hydroxyl groups excluding tert-OH is 1. The standard InChI is InChI=1S/C13H15NO4/c1-8(15)13(2)11(16)12(17)14(13)9-4-6-10(18-3)7-5-9/h4-7,11,16H,1-3H3/t11-,13-/m1/s1. The maximum atomic E-state index is 11.7. The van der Waals surface area contributed by atoms with Gasteiger partial charge in [0.15, 0.2) is 11.9 Å². The second kappa shape index (κ2) is 4.10. The molecule has 0 radical (unpaired) electrons. The molecule has 1 saturated heterocycles. The molecule has 1 aromatic carbocycles. The topological polar surface area (TPSA) is 66.8 Å². The number of hydrogen-bond acceptors (Lipinski definition) is 4. The fourth-order valence-corrected chi connectivity index (χ4v) is 2.12. The highest BCUT2D eigenvalue weighted by Crippen LogP contribution is 2.38. The number of ether oxygens (including phenoxy) is 1. The molecule has 2 rings (SSSR count). The number of anilines is 1. The van der Waals surface area contributed by atoms with E-state index >= 15 is 0 Å². The van der Waals surface area contributed by atoms with Crippen molar-refractivity contribution in [2.45, 2.75) is 25.5 Å². The number of methoxy groups -OCH3 is 1.